The van der Waals surface area contributed by atoms with Crippen LogP contribution in [0.1, 0.15) is 21.6 Å². The maximum absolute atomic E-state index is 13.5. The molecule has 0 saturated carbocycles. The van der Waals surface area contributed by atoms with Gasteiger partial charge in [-0.1, -0.05) is 84.9 Å². The van der Waals surface area contributed by atoms with Crippen LogP contribution in [0.3, 0.4) is 0 Å². The minimum atomic E-state index is -0.459. The Morgan fingerprint density at radius 1 is 0.917 bits per heavy atom. The zero-order valence-electron chi connectivity index (χ0n) is 19.9. The van der Waals surface area contributed by atoms with Crippen LogP contribution in [-0.4, -0.2) is 20.7 Å². The van der Waals surface area contributed by atoms with E-state index in [0.717, 1.165) is 33.0 Å². The van der Waals surface area contributed by atoms with E-state index in [1.54, 1.807) is 7.05 Å². The molecule has 0 aliphatic heterocycles. The molecule has 1 amide bonds. The molecule has 0 aliphatic rings. The second-order valence-corrected chi connectivity index (χ2v) is 9.26. The van der Waals surface area contributed by atoms with Gasteiger partial charge in [-0.2, -0.15) is 5.10 Å². The van der Waals surface area contributed by atoms with E-state index in [1.807, 2.05) is 97.2 Å². The van der Waals surface area contributed by atoms with E-state index in [2.05, 4.69) is 10.4 Å². The van der Waals surface area contributed by atoms with Crippen molar-refractivity contribution < 1.29 is 4.79 Å². The highest BCUT2D eigenvalue weighted by atomic mass is 32.1. The molecule has 6 nitrogen and oxygen atoms in total. The van der Waals surface area contributed by atoms with Crippen molar-refractivity contribution in [2.24, 2.45) is 7.05 Å². The summed E-state index contributed by atoms with van der Waals surface area (Å²) in [7, 11) is 1.56. The first kappa shape index (κ1) is 23.4. The van der Waals surface area contributed by atoms with Gasteiger partial charge in [-0.3, -0.25) is 9.59 Å². The minimum absolute atomic E-state index is 0.0620. The highest BCUT2D eigenvalue weighted by molar-refractivity contribution is 7.13. The highest BCUT2D eigenvalue weighted by Gasteiger charge is 2.24. The number of carbonyl (C=O) groups is 1. The molecule has 3 aromatic carbocycles. The molecule has 0 unspecified atom stereocenters. The molecule has 0 saturated heterocycles. The lowest BCUT2D eigenvalue weighted by molar-refractivity contribution is 0.0949. The summed E-state index contributed by atoms with van der Waals surface area (Å²) < 4.78 is 1.23. The third-order valence-corrected chi connectivity index (χ3v) is 6.86. The Hall–Kier alpha value is -4.36. The number of hydrogen-bond acceptors (Lipinski definition) is 5. The summed E-state index contributed by atoms with van der Waals surface area (Å²) in [6.45, 7) is 2.26. The van der Waals surface area contributed by atoms with Crippen LogP contribution < -0.4 is 10.9 Å². The summed E-state index contributed by atoms with van der Waals surface area (Å²) in [5.74, 6) is -0.459. The van der Waals surface area contributed by atoms with E-state index in [0.29, 0.717) is 11.3 Å². The zero-order chi connectivity index (χ0) is 25.1. The number of nitrogens with one attached hydrogen (secondary N) is 1. The molecule has 2 heterocycles. The van der Waals surface area contributed by atoms with E-state index >= 15 is 0 Å². The van der Waals surface area contributed by atoms with Crippen molar-refractivity contribution in [1.29, 1.82) is 0 Å². The minimum Gasteiger partial charge on any atom is -0.346 e. The van der Waals surface area contributed by atoms with Gasteiger partial charge in [-0.25, -0.2) is 9.67 Å². The number of benzene rings is 3. The van der Waals surface area contributed by atoms with Crippen molar-refractivity contribution in [1.82, 2.24) is 20.1 Å². The maximum atomic E-state index is 13.5. The first-order valence-electron chi connectivity index (χ1n) is 11.5. The number of aromatic nitrogens is 3. The Morgan fingerprint density at radius 2 is 1.56 bits per heavy atom. The zero-order valence-corrected chi connectivity index (χ0v) is 20.8. The summed E-state index contributed by atoms with van der Waals surface area (Å²) in [5.41, 5.74) is 5.22. The van der Waals surface area contributed by atoms with Crippen molar-refractivity contribution in [2.45, 2.75) is 13.5 Å². The summed E-state index contributed by atoms with van der Waals surface area (Å²) >= 11 is 1.53. The monoisotopic (exact) mass is 492 g/mol. The van der Waals surface area contributed by atoms with Crippen LogP contribution in [0, 0.1) is 6.92 Å². The third-order valence-electron chi connectivity index (χ3n) is 5.94. The lowest BCUT2D eigenvalue weighted by Gasteiger charge is -2.15. The number of nitrogens with zero attached hydrogens (tertiary/aromatic N) is 3. The topological polar surface area (TPSA) is 76.9 Å². The SMILES string of the molecule is Cc1ccccc1-c1nc(CNC(=O)c2c(-c3ccccc3)c(-c3ccccc3)nn(C)c2=O)cs1. The molecule has 0 radical (unpaired) electrons. The number of aryl methyl sites for hydroxylation is 2. The van der Waals surface area contributed by atoms with E-state index < -0.39 is 11.5 Å². The largest absolute Gasteiger partial charge is 0.346 e. The van der Waals surface area contributed by atoms with Crippen molar-refractivity contribution in [3.8, 4) is 33.0 Å². The number of thiazole rings is 1. The Morgan fingerprint density at radius 3 is 2.25 bits per heavy atom. The number of hydrogen-bond donors (Lipinski definition) is 1. The van der Waals surface area contributed by atoms with Gasteiger partial charge >= 0.3 is 0 Å². The van der Waals surface area contributed by atoms with Gasteiger partial charge in [0.2, 0.25) is 0 Å². The van der Waals surface area contributed by atoms with Crippen molar-refractivity contribution in [3.05, 3.63) is 117 Å². The molecule has 5 rings (SSSR count). The fourth-order valence-corrected chi connectivity index (χ4v) is 5.02. The van der Waals surface area contributed by atoms with E-state index in [4.69, 9.17) is 4.98 Å². The van der Waals surface area contributed by atoms with Crippen LogP contribution in [0.15, 0.2) is 95.1 Å². The second-order valence-electron chi connectivity index (χ2n) is 8.40. The predicted molar refractivity (Wildman–Crippen MR) is 144 cm³/mol. The molecule has 0 fully saturated rings. The summed E-state index contributed by atoms with van der Waals surface area (Å²) in [5, 5.41) is 10.3. The summed E-state index contributed by atoms with van der Waals surface area (Å²) in [4.78, 5) is 31.5. The molecule has 0 bridgehead atoms. The molecular weight excluding hydrogens is 468 g/mol. The quantitative estimate of drug-likeness (QED) is 0.341. The van der Waals surface area contributed by atoms with Crippen LogP contribution in [0.2, 0.25) is 0 Å². The molecule has 0 atom stereocenters. The molecule has 0 spiro atoms. The van der Waals surface area contributed by atoms with Crippen LogP contribution in [0.4, 0.5) is 0 Å². The van der Waals surface area contributed by atoms with Crippen LogP contribution >= 0.6 is 11.3 Å². The van der Waals surface area contributed by atoms with Crippen molar-refractivity contribution >= 4 is 17.2 Å². The number of amides is 1. The smallest absolute Gasteiger partial charge is 0.280 e. The lowest BCUT2D eigenvalue weighted by atomic mass is 9.95. The van der Waals surface area contributed by atoms with Gasteiger partial charge in [0.05, 0.1) is 17.9 Å². The van der Waals surface area contributed by atoms with Crippen LogP contribution in [0.25, 0.3) is 33.0 Å². The molecule has 2 aromatic heterocycles. The number of carbonyl (C=O) groups excluding carboxylic acids is 1. The normalized spacial score (nSPS) is 10.8. The first-order valence-corrected chi connectivity index (χ1v) is 12.4. The van der Waals surface area contributed by atoms with Gasteiger partial charge in [0, 0.05) is 29.1 Å². The molecule has 36 heavy (non-hydrogen) atoms. The maximum Gasteiger partial charge on any atom is 0.280 e. The average molecular weight is 493 g/mol. The van der Waals surface area contributed by atoms with Gasteiger partial charge in [-0.05, 0) is 18.1 Å². The first-order chi connectivity index (χ1) is 17.5. The third kappa shape index (κ3) is 4.61. The van der Waals surface area contributed by atoms with Crippen LogP contribution in [0.5, 0.6) is 0 Å². The molecule has 1 N–H and O–H groups in total. The second kappa shape index (κ2) is 10.1. The fourth-order valence-electron chi connectivity index (χ4n) is 4.11. The van der Waals surface area contributed by atoms with Gasteiger partial charge in [0.15, 0.2) is 0 Å². The van der Waals surface area contributed by atoms with Gasteiger partial charge in [0.25, 0.3) is 11.5 Å². The van der Waals surface area contributed by atoms with Crippen LogP contribution in [-0.2, 0) is 13.6 Å². The molecule has 5 aromatic rings. The summed E-state index contributed by atoms with van der Waals surface area (Å²) in [6, 6.07) is 27.1. The van der Waals surface area contributed by atoms with E-state index in [9.17, 15) is 9.59 Å². The summed E-state index contributed by atoms with van der Waals surface area (Å²) in [6.07, 6.45) is 0. The Balaban J connectivity index is 1.52. The van der Waals surface area contributed by atoms with Crippen molar-refractivity contribution in [3.63, 3.8) is 0 Å². The molecule has 0 aliphatic carbocycles. The predicted octanol–water partition coefficient (Wildman–Crippen LogP) is 5.48. The van der Waals surface area contributed by atoms with Gasteiger partial charge in [0.1, 0.15) is 10.6 Å². The van der Waals surface area contributed by atoms with E-state index in [-0.39, 0.29) is 12.1 Å². The standard InChI is InChI=1S/C29H24N4O2S/c1-19-11-9-10-16-23(19)28-31-22(18-36-28)17-30-27(34)25-24(20-12-5-3-6-13-20)26(32-33(2)29(25)35)21-14-7-4-8-15-21/h3-16,18H,17H2,1-2H3,(H,30,34). The molecular formula is C29H24N4O2S. The van der Waals surface area contributed by atoms with Gasteiger partial charge < -0.3 is 5.32 Å². The molecule has 7 heteroatoms. The highest BCUT2D eigenvalue weighted by Crippen LogP contribution is 2.32. The van der Waals surface area contributed by atoms with E-state index in [1.165, 1.54) is 16.0 Å². The number of rotatable bonds is 6. The Kier molecular flexibility index (Phi) is 6.56. The van der Waals surface area contributed by atoms with Gasteiger partial charge in [-0.15, -0.1) is 11.3 Å². The lowest BCUT2D eigenvalue weighted by Crippen LogP contribution is -2.34. The van der Waals surface area contributed by atoms with Crippen molar-refractivity contribution in [2.75, 3.05) is 0 Å². The Bertz CT molecular complexity index is 1590. The molecule has 178 valence electrons. The average Bonchev–Trinajstić information content (AvgIpc) is 3.38. The Labute approximate surface area is 212 Å². The fraction of sp³-hybridized carbons (Fsp3) is 0.103.